The van der Waals surface area contributed by atoms with Gasteiger partial charge in [0.1, 0.15) is 0 Å². The summed E-state index contributed by atoms with van der Waals surface area (Å²) in [7, 11) is 0. The Morgan fingerprint density at radius 2 is 0.727 bits per heavy atom. The Kier molecular flexibility index (Phi) is 4.68. The molecule has 1 heteroatoms. The van der Waals surface area contributed by atoms with E-state index in [-0.39, 0.29) is 0 Å². The van der Waals surface area contributed by atoms with Gasteiger partial charge in [0.25, 0.3) is 0 Å². The van der Waals surface area contributed by atoms with Crippen molar-refractivity contribution in [3.63, 3.8) is 0 Å². The van der Waals surface area contributed by atoms with Crippen molar-refractivity contribution in [2.24, 2.45) is 0 Å². The third-order valence-electron chi connectivity index (χ3n) is 4.24. The van der Waals surface area contributed by atoms with E-state index in [0.717, 1.165) is 0 Å². The maximum atomic E-state index is 2.35. The van der Waals surface area contributed by atoms with Crippen molar-refractivity contribution in [1.29, 1.82) is 0 Å². The van der Waals surface area contributed by atoms with E-state index in [1.807, 2.05) is 0 Å². The molecule has 0 N–H and O–H groups in total. The average Bonchev–Trinajstić information content (AvgIpc) is 2.53. The SMILES string of the molecule is Cc1cccc[c]1[Sn]([c]1ccccc1C)[c]1ccccc1C. The van der Waals surface area contributed by atoms with Crippen LogP contribution in [-0.2, 0) is 0 Å². The molecule has 0 fully saturated rings. The minimum atomic E-state index is -2.14. The number of aryl methyl sites for hydroxylation is 3. The second-order valence-electron chi connectivity index (χ2n) is 5.82. The van der Waals surface area contributed by atoms with Gasteiger partial charge in [0.2, 0.25) is 0 Å². The van der Waals surface area contributed by atoms with Crippen LogP contribution in [0.4, 0.5) is 0 Å². The predicted molar refractivity (Wildman–Crippen MR) is 98.2 cm³/mol. The molecule has 3 aromatic carbocycles. The van der Waals surface area contributed by atoms with Gasteiger partial charge in [-0.2, -0.15) is 0 Å². The fourth-order valence-corrected chi connectivity index (χ4v) is 11.8. The van der Waals surface area contributed by atoms with Crippen LogP contribution in [0, 0.1) is 20.8 Å². The van der Waals surface area contributed by atoms with Gasteiger partial charge in [-0.05, 0) is 0 Å². The summed E-state index contributed by atoms with van der Waals surface area (Å²) in [4.78, 5) is 0. The van der Waals surface area contributed by atoms with Gasteiger partial charge in [-0.25, -0.2) is 0 Å². The summed E-state index contributed by atoms with van der Waals surface area (Å²) < 4.78 is 4.77. The summed E-state index contributed by atoms with van der Waals surface area (Å²) in [5, 5.41) is 0. The molecule has 0 amide bonds. The molecule has 0 saturated heterocycles. The van der Waals surface area contributed by atoms with Crippen molar-refractivity contribution >= 4 is 30.5 Å². The van der Waals surface area contributed by atoms with E-state index >= 15 is 0 Å². The van der Waals surface area contributed by atoms with Crippen LogP contribution in [0.1, 0.15) is 16.7 Å². The summed E-state index contributed by atoms with van der Waals surface area (Å²) in [5.74, 6) is 0. The predicted octanol–water partition coefficient (Wildman–Crippen LogP) is 3.13. The van der Waals surface area contributed by atoms with E-state index in [4.69, 9.17) is 0 Å². The topological polar surface area (TPSA) is 0 Å². The van der Waals surface area contributed by atoms with Gasteiger partial charge >= 0.3 is 141 Å². The molecule has 0 bridgehead atoms. The zero-order valence-electron chi connectivity index (χ0n) is 13.4. The first-order chi connectivity index (χ1) is 10.7. The fraction of sp³-hybridized carbons (Fsp3) is 0.143. The summed E-state index contributed by atoms with van der Waals surface area (Å²) in [5.41, 5.74) is 4.30. The normalized spacial score (nSPS) is 10.9. The van der Waals surface area contributed by atoms with Crippen LogP contribution >= 0.6 is 0 Å². The van der Waals surface area contributed by atoms with Gasteiger partial charge in [-0.15, -0.1) is 0 Å². The van der Waals surface area contributed by atoms with Crippen molar-refractivity contribution in [1.82, 2.24) is 0 Å². The van der Waals surface area contributed by atoms with Crippen molar-refractivity contribution < 1.29 is 0 Å². The van der Waals surface area contributed by atoms with Gasteiger partial charge in [0, 0.05) is 0 Å². The molecular weight excluding hydrogens is 371 g/mol. The number of benzene rings is 3. The molecule has 0 spiro atoms. The molecule has 3 aromatic rings. The Morgan fingerprint density at radius 3 is 1.00 bits per heavy atom. The number of hydrogen-bond donors (Lipinski definition) is 0. The molecule has 0 heterocycles. The molecule has 0 aliphatic rings. The Bertz CT molecular complexity index is 681. The van der Waals surface area contributed by atoms with Crippen LogP contribution in [0.2, 0.25) is 0 Å². The van der Waals surface area contributed by atoms with Crippen LogP contribution in [0.5, 0.6) is 0 Å². The standard InChI is InChI=1S/3C7H7.Sn/c3*1-7-5-3-2-4-6-7;/h3*2-5H,1H3;. The van der Waals surface area contributed by atoms with Crippen molar-refractivity contribution in [2.75, 3.05) is 0 Å². The van der Waals surface area contributed by atoms with E-state index in [0.29, 0.717) is 0 Å². The molecule has 0 aliphatic carbocycles. The minimum absolute atomic E-state index is 1.43. The third-order valence-corrected chi connectivity index (χ3v) is 13.7. The summed E-state index contributed by atoms with van der Waals surface area (Å²) in [6.07, 6.45) is 0. The number of rotatable bonds is 3. The van der Waals surface area contributed by atoms with Crippen molar-refractivity contribution in [2.45, 2.75) is 20.8 Å². The van der Waals surface area contributed by atoms with Crippen LogP contribution in [0.15, 0.2) is 72.8 Å². The summed E-state index contributed by atoms with van der Waals surface area (Å²) in [6.45, 7) is 6.77. The van der Waals surface area contributed by atoms with Crippen LogP contribution < -0.4 is 10.7 Å². The quantitative estimate of drug-likeness (QED) is 0.601. The Hall–Kier alpha value is -1.54. The first-order valence-electron chi connectivity index (χ1n) is 7.73. The van der Waals surface area contributed by atoms with Crippen molar-refractivity contribution in [3.05, 3.63) is 89.5 Å². The molecule has 0 aromatic heterocycles. The van der Waals surface area contributed by atoms with Crippen LogP contribution in [-0.4, -0.2) is 19.8 Å². The van der Waals surface area contributed by atoms with E-state index in [1.54, 1.807) is 10.7 Å². The van der Waals surface area contributed by atoms with Crippen LogP contribution in [0.3, 0.4) is 0 Å². The summed E-state index contributed by atoms with van der Waals surface area (Å²) in [6, 6.07) is 26.8. The van der Waals surface area contributed by atoms with E-state index < -0.39 is 19.8 Å². The van der Waals surface area contributed by atoms with Gasteiger partial charge in [-0.3, -0.25) is 0 Å². The zero-order valence-corrected chi connectivity index (χ0v) is 16.3. The molecule has 0 nitrogen and oxygen atoms in total. The molecule has 0 atom stereocenters. The van der Waals surface area contributed by atoms with Gasteiger partial charge < -0.3 is 0 Å². The second-order valence-corrected chi connectivity index (χ2v) is 12.6. The molecular formula is C21H21Sn. The van der Waals surface area contributed by atoms with E-state index in [2.05, 4.69) is 93.6 Å². The Labute approximate surface area is 140 Å². The first kappa shape index (κ1) is 15.4. The monoisotopic (exact) mass is 393 g/mol. The molecule has 109 valence electrons. The molecule has 3 rings (SSSR count). The second kappa shape index (κ2) is 6.70. The van der Waals surface area contributed by atoms with Crippen molar-refractivity contribution in [3.8, 4) is 0 Å². The van der Waals surface area contributed by atoms with Gasteiger partial charge in [0.15, 0.2) is 0 Å². The first-order valence-corrected chi connectivity index (χ1v) is 12.0. The average molecular weight is 392 g/mol. The Balaban J connectivity index is 2.27. The van der Waals surface area contributed by atoms with Gasteiger partial charge in [0.05, 0.1) is 0 Å². The van der Waals surface area contributed by atoms with Crippen LogP contribution in [0.25, 0.3) is 0 Å². The molecule has 1 radical (unpaired) electrons. The molecule has 22 heavy (non-hydrogen) atoms. The fourth-order valence-electron chi connectivity index (χ4n) is 3.00. The Morgan fingerprint density at radius 1 is 0.455 bits per heavy atom. The zero-order chi connectivity index (χ0) is 15.5. The molecule has 0 saturated carbocycles. The molecule has 0 aliphatic heterocycles. The van der Waals surface area contributed by atoms with E-state index in [1.165, 1.54) is 16.7 Å². The third kappa shape index (κ3) is 2.98. The van der Waals surface area contributed by atoms with E-state index in [9.17, 15) is 0 Å². The molecule has 0 unspecified atom stereocenters. The summed E-state index contributed by atoms with van der Waals surface area (Å²) >= 11 is -2.14. The van der Waals surface area contributed by atoms with Gasteiger partial charge in [-0.1, -0.05) is 0 Å². The maximum absolute atomic E-state index is 2.35. The number of hydrogen-bond acceptors (Lipinski definition) is 0.